The van der Waals surface area contributed by atoms with Gasteiger partial charge in [-0.1, -0.05) is 0 Å². The fourth-order valence-electron chi connectivity index (χ4n) is 2.82. The number of amides is 1. The fraction of sp³-hybridized carbons (Fsp3) is 0.467. The molecule has 0 spiro atoms. The number of nitrogens with two attached hydrogens (primary N) is 1. The van der Waals surface area contributed by atoms with Gasteiger partial charge in [0, 0.05) is 49.1 Å². The van der Waals surface area contributed by atoms with Gasteiger partial charge in [0.1, 0.15) is 6.10 Å². The third-order valence-corrected chi connectivity index (χ3v) is 4.95. The first-order valence-electron chi connectivity index (χ1n) is 7.32. The quantitative estimate of drug-likeness (QED) is 0.844. The molecule has 0 aliphatic carbocycles. The third-order valence-electron chi connectivity index (χ3n) is 4.01. The zero-order chi connectivity index (χ0) is 15.5. The minimum atomic E-state index is -0.372. The van der Waals surface area contributed by atoms with Gasteiger partial charge in [0.2, 0.25) is 5.91 Å². The van der Waals surface area contributed by atoms with Gasteiger partial charge in [-0.15, -0.1) is 11.3 Å². The number of rotatable bonds is 6. The average molecular weight is 320 g/mol. The zero-order valence-corrected chi connectivity index (χ0v) is 13.3. The van der Waals surface area contributed by atoms with Crippen LogP contribution in [0.15, 0.2) is 23.7 Å². The molecule has 0 radical (unpaired) electrons. The monoisotopic (exact) mass is 320 g/mol. The largest absolute Gasteiger partial charge is 0.372 e. The van der Waals surface area contributed by atoms with E-state index in [1.807, 2.05) is 23.9 Å². The van der Waals surface area contributed by atoms with E-state index in [1.165, 1.54) is 0 Å². The van der Waals surface area contributed by atoms with Crippen molar-refractivity contribution in [3.8, 4) is 0 Å². The number of hydrogen-bond donors (Lipinski definition) is 2. The smallest absolute Gasteiger partial charge is 0.249 e. The Kier molecular flexibility index (Phi) is 4.56. The Morgan fingerprint density at radius 2 is 2.50 bits per heavy atom. The lowest BCUT2D eigenvalue weighted by molar-refractivity contribution is 0.0838. The van der Waals surface area contributed by atoms with Crippen molar-refractivity contribution >= 4 is 17.2 Å². The van der Waals surface area contributed by atoms with Crippen LogP contribution in [-0.4, -0.2) is 28.8 Å². The molecule has 118 valence electrons. The van der Waals surface area contributed by atoms with Crippen molar-refractivity contribution < 1.29 is 9.53 Å². The summed E-state index contributed by atoms with van der Waals surface area (Å²) in [5.74, 6) is 0.0638. The van der Waals surface area contributed by atoms with Gasteiger partial charge < -0.3 is 15.8 Å². The number of carbonyl (C=O) groups excluding carboxylic acids is 1. The number of aryl methyl sites for hydroxylation is 1. The Morgan fingerprint density at radius 3 is 3.18 bits per heavy atom. The summed E-state index contributed by atoms with van der Waals surface area (Å²) >= 11 is 1.55. The van der Waals surface area contributed by atoms with Crippen LogP contribution in [0.25, 0.3) is 0 Å². The van der Waals surface area contributed by atoms with Gasteiger partial charge in [0.15, 0.2) is 0 Å². The minimum absolute atomic E-state index is 0.101. The fourth-order valence-corrected chi connectivity index (χ4v) is 3.66. The maximum atomic E-state index is 11.1. The van der Waals surface area contributed by atoms with E-state index in [0.717, 1.165) is 36.7 Å². The van der Waals surface area contributed by atoms with Gasteiger partial charge in [0.25, 0.3) is 0 Å². The van der Waals surface area contributed by atoms with Gasteiger partial charge in [-0.2, -0.15) is 5.10 Å². The number of ether oxygens (including phenoxy) is 1. The number of nitrogens with one attached hydrogen (secondary N) is 1. The normalized spacial score (nSPS) is 21.3. The first-order valence-corrected chi connectivity index (χ1v) is 8.20. The van der Waals surface area contributed by atoms with E-state index in [2.05, 4.69) is 10.4 Å². The maximum Gasteiger partial charge on any atom is 0.249 e. The summed E-state index contributed by atoms with van der Waals surface area (Å²) in [5.41, 5.74) is 6.97. The zero-order valence-electron chi connectivity index (χ0n) is 12.5. The molecule has 2 aromatic rings. The first kappa shape index (κ1) is 15.2. The van der Waals surface area contributed by atoms with Crippen molar-refractivity contribution in [1.82, 2.24) is 15.1 Å². The molecule has 22 heavy (non-hydrogen) atoms. The summed E-state index contributed by atoms with van der Waals surface area (Å²) in [4.78, 5) is 12.2. The molecule has 0 aromatic carbocycles. The highest BCUT2D eigenvalue weighted by molar-refractivity contribution is 7.10. The van der Waals surface area contributed by atoms with Gasteiger partial charge in [-0.25, -0.2) is 0 Å². The molecule has 7 heteroatoms. The molecule has 0 unspecified atom stereocenters. The van der Waals surface area contributed by atoms with Crippen LogP contribution in [0.1, 0.15) is 33.5 Å². The molecule has 0 bridgehead atoms. The molecule has 3 N–H and O–H groups in total. The molecule has 3 heterocycles. The highest BCUT2D eigenvalue weighted by atomic mass is 32.1. The first-order chi connectivity index (χ1) is 10.6. The summed E-state index contributed by atoms with van der Waals surface area (Å²) < 4.78 is 7.75. The predicted molar refractivity (Wildman–Crippen MR) is 84.6 cm³/mol. The second kappa shape index (κ2) is 6.60. The van der Waals surface area contributed by atoms with Crippen molar-refractivity contribution in [3.63, 3.8) is 0 Å². The van der Waals surface area contributed by atoms with Gasteiger partial charge in [0.05, 0.1) is 11.3 Å². The van der Waals surface area contributed by atoms with E-state index in [1.54, 1.807) is 22.9 Å². The predicted octanol–water partition coefficient (Wildman–Crippen LogP) is 1.45. The Bertz CT molecular complexity index is 652. The molecule has 1 aliphatic heterocycles. The standard InChI is InChI=1S/C15H20N4O2S/c1-19-13(2-4-18-19)14-10(3-5-21-14)7-17-8-12-6-11(9-22-12)15(16)20/h2,4,6,9-10,14,17H,3,5,7-8H2,1H3,(H2,16,20)/t10-,14+/m0/s1. The van der Waals surface area contributed by atoms with Crippen LogP contribution >= 0.6 is 11.3 Å². The van der Waals surface area contributed by atoms with Gasteiger partial charge >= 0.3 is 0 Å². The second-order valence-corrected chi connectivity index (χ2v) is 6.51. The lowest BCUT2D eigenvalue weighted by Gasteiger charge is -2.19. The number of primary amides is 1. The summed E-state index contributed by atoms with van der Waals surface area (Å²) in [6, 6.07) is 3.87. The Balaban J connectivity index is 1.54. The van der Waals surface area contributed by atoms with E-state index in [9.17, 15) is 4.79 Å². The molecular formula is C15H20N4O2S. The molecule has 1 amide bonds. The molecule has 2 aromatic heterocycles. The minimum Gasteiger partial charge on any atom is -0.372 e. The SMILES string of the molecule is Cn1nccc1[C@@H]1OCC[C@H]1CNCc1cc(C(N)=O)cs1. The van der Waals surface area contributed by atoms with Gasteiger partial charge in [-0.05, 0) is 18.6 Å². The van der Waals surface area contributed by atoms with Gasteiger partial charge in [-0.3, -0.25) is 9.48 Å². The Hall–Kier alpha value is -1.70. The molecule has 2 atom stereocenters. The molecular weight excluding hydrogens is 300 g/mol. The number of thiophene rings is 1. The van der Waals surface area contributed by atoms with E-state index in [4.69, 9.17) is 10.5 Å². The van der Waals surface area contributed by atoms with Crippen molar-refractivity contribution in [3.05, 3.63) is 39.8 Å². The molecule has 0 saturated carbocycles. The molecule has 1 aliphatic rings. The summed E-state index contributed by atoms with van der Waals surface area (Å²) in [6.45, 7) is 2.40. The van der Waals surface area contributed by atoms with Crippen molar-refractivity contribution in [2.45, 2.75) is 19.1 Å². The molecule has 1 fully saturated rings. The highest BCUT2D eigenvalue weighted by Crippen LogP contribution is 2.33. The molecule has 3 rings (SSSR count). The highest BCUT2D eigenvalue weighted by Gasteiger charge is 2.31. The number of aromatic nitrogens is 2. The van der Waals surface area contributed by atoms with E-state index >= 15 is 0 Å². The van der Waals surface area contributed by atoms with Crippen LogP contribution < -0.4 is 11.1 Å². The topological polar surface area (TPSA) is 82.2 Å². The van der Waals surface area contributed by atoms with E-state index in [0.29, 0.717) is 11.5 Å². The summed E-state index contributed by atoms with van der Waals surface area (Å²) in [7, 11) is 1.94. The van der Waals surface area contributed by atoms with Crippen LogP contribution in [0.5, 0.6) is 0 Å². The van der Waals surface area contributed by atoms with Crippen LogP contribution in [0.2, 0.25) is 0 Å². The van der Waals surface area contributed by atoms with E-state index in [-0.39, 0.29) is 12.0 Å². The number of hydrogen-bond acceptors (Lipinski definition) is 5. The van der Waals surface area contributed by atoms with Crippen LogP contribution in [0, 0.1) is 5.92 Å². The Morgan fingerprint density at radius 1 is 1.64 bits per heavy atom. The number of nitrogens with zero attached hydrogens (tertiary/aromatic N) is 2. The lowest BCUT2D eigenvalue weighted by Crippen LogP contribution is -2.25. The van der Waals surface area contributed by atoms with Crippen LogP contribution in [0.3, 0.4) is 0 Å². The van der Waals surface area contributed by atoms with Crippen LogP contribution in [-0.2, 0) is 18.3 Å². The van der Waals surface area contributed by atoms with Crippen molar-refractivity contribution in [2.75, 3.05) is 13.2 Å². The molecule has 1 saturated heterocycles. The maximum absolute atomic E-state index is 11.1. The second-order valence-electron chi connectivity index (χ2n) is 5.52. The lowest BCUT2D eigenvalue weighted by atomic mass is 9.99. The summed E-state index contributed by atoms with van der Waals surface area (Å²) in [6.07, 6.45) is 2.95. The van der Waals surface area contributed by atoms with E-state index < -0.39 is 0 Å². The molecule has 6 nitrogen and oxygen atoms in total. The average Bonchev–Trinajstić information content (AvgIpc) is 3.19. The van der Waals surface area contributed by atoms with Crippen molar-refractivity contribution in [1.29, 1.82) is 0 Å². The number of carbonyl (C=O) groups is 1. The Labute approximate surface area is 133 Å². The van der Waals surface area contributed by atoms with Crippen LogP contribution in [0.4, 0.5) is 0 Å². The third kappa shape index (κ3) is 3.21. The summed E-state index contributed by atoms with van der Waals surface area (Å²) in [5, 5.41) is 9.47. The van der Waals surface area contributed by atoms with Crippen molar-refractivity contribution in [2.24, 2.45) is 18.7 Å².